The molecule has 0 saturated carbocycles. The number of nitrogens with one attached hydrogen (secondary N) is 1. The lowest BCUT2D eigenvalue weighted by molar-refractivity contribution is 0.758. The van der Waals surface area contributed by atoms with Crippen LogP contribution in [-0.4, -0.2) is 14.4 Å². The van der Waals surface area contributed by atoms with Crippen molar-refractivity contribution in [2.24, 2.45) is 0 Å². The van der Waals surface area contributed by atoms with Crippen LogP contribution in [0.4, 0.5) is 0 Å². The predicted octanol–water partition coefficient (Wildman–Crippen LogP) is 1.45. The fourth-order valence-electron chi connectivity index (χ4n) is 1.65. The molecule has 0 aromatic carbocycles. The maximum absolute atomic E-state index is 11.2. The Bertz CT molecular complexity index is 522. The lowest BCUT2D eigenvalue weighted by Gasteiger charge is -2.06. The molecular formula is C10H13N3O. The zero-order chi connectivity index (χ0) is 10.3. The maximum atomic E-state index is 11.2. The molecule has 0 bridgehead atoms. The van der Waals surface area contributed by atoms with E-state index in [1.54, 1.807) is 12.3 Å². The van der Waals surface area contributed by atoms with Gasteiger partial charge in [0.2, 0.25) is 0 Å². The molecule has 0 unspecified atom stereocenters. The standard InChI is InChI=1S/C10H13N3O/c1-6(2)10-11-5-8-12-9(14)4-7(3)13(8)10/h4-6H,1-3H3,(H,12,14). The Balaban J connectivity index is 2.85. The molecule has 0 spiro atoms. The molecule has 2 aromatic heterocycles. The Labute approximate surface area is 81.6 Å². The summed E-state index contributed by atoms with van der Waals surface area (Å²) in [6, 6.07) is 1.58. The van der Waals surface area contributed by atoms with Gasteiger partial charge in [0.15, 0.2) is 0 Å². The first-order valence-electron chi connectivity index (χ1n) is 4.67. The number of hydrogen-bond acceptors (Lipinski definition) is 2. The molecule has 0 aliphatic carbocycles. The molecule has 0 aliphatic heterocycles. The van der Waals surface area contributed by atoms with E-state index in [4.69, 9.17) is 0 Å². The van der Waals surface area contributed by atoms with Crippen molar-refractivity contribution in [3.63, 3.8) is 0 Å². The van der Waals surface area contributed by atoms with Gasteiger partial charge in [-0.3, -0.25) is 9.20 Å². The van der Waals surface area contributed by atoms with Crippen molar-refractivity contribution < 1.29 is 0 Å². The van der Waals surface area contributed by atoms with E-state index in [2.05, 4.69) is 23.8 Å². The average molecular weight is 191 g/mol. The third kappa shape index (κ3) is 1.23. The highest BCUT2D eigenvalue weighted by Gasteiger charge is 2.09. The lowest BCUT2D eigenvalue weighted by Crippen LogP contribution is -2.10. The van der Waals surface area contributed by atoms with Gasteiger partial charge >= 0.3 is 0 Å². The summed E-state index contributed by atoms with van der Waals surface area (Å²) >= 11 is 0. The SMILES string of the molecule is Cc1cc(=O)[nH]c2cnc(C(C)C)n12. The molecule has 0 fully saturated rings. The number of aryl methyl sites for hydroxylation is 1. The van der Waals surface area contributed by atoms with Gasteiger partial charge in [-0.1, -0.05) is 13.8 Å². The third-order valence-electron chi connectivity index (χ3n) is 2.25. The first-order chi connectivity index (χ1) is 6.59. The molecule has 0 aliphatic rings. The quantitative estimate of drug-likeness (QED) is 0.741. The highest BCUT2D eigenvalue weighted by atomic mass is 16.1. The number of hydrogen-bond donors (Lipinski definition) is 1. The first-order valence-corrected chi connectivity index (χ1v) is 4.67. The van der Waals surface area contributed by atoms with Crippen molar-refractivity contribution in [2.45, 2.75) is 26.7 Å². The van der Waals surface area contributed by atoms with E-state index in [9.17, 15) is 4.79 Å². The second-order valence-corrected chi connectivity index (χ2v) is 3.77. The molecule has 0 atom stereocenters. The van der Waals surface area contributed by atoms with Gasteiger partial charge in [-0.2, -0.15) is 0 Å². The molecular weight excluding hydrogens is 178 g/mol. The van der Waals surface area contributed by atoms with Crippen LogP contribution in [0.25, 0.3) is 5.65 Å². The Kier molecular flexibility index (Phi) is 1.91. The van der Waals surface area contributed by atoms with E-state index in [1.807, 2.05) is 11.3 Å². The average Bonchev–Trinajstić information content (AvgIpc) is 2.47. The normalized spacial score (nSPS) is 11.4. The summed E-state index contributed by atoms with van der Waals surface area (Å²) in [4.78, 5) is 18.2. The molecule has 74 valence electrons. The number of rotatable bonds is 1. The van der Waals surface area contributed by atoms with Gasteiger partial charge in [0.05, 0.1) is 6.20 Å². The van der Waals surface area contributed by atoms with Gasteiger partial charge in [-0.15, -0.1) is 0 Å². The smallest absolute Gasteiger partial charge is 0.251 e. The Morgan fingerprint density at radius 2 is 2.21 bits per heavy atom. The van der Waals surface area contributed by atoms with Crippen molar-refractivity contribution in [2.75, 3.05) is 0 Å². The number of aromatic amines is 1. The van der Waals surface area contributed by atoms with Gasteiger partial charge < -0.3 is 4.98 Å². The molecule has 0 saturated heterocycles. The van der Waals surface area contributed by atoms with Gasteiger partial charge in [0.1, 0.15) is 11.5 Å². The lowest BCUT2D eigenvalue weighted by atomic mass is 10.2. The van der Waals surface area contributed by atoms with Crippen LogP contribution in [0, 0.1) is 6.92 Å². The van der Waals surface area contributed by atoms with E-state index in [0.717, 1.165) is 17.2 Å². The third-order valence-corrected chi connectivity index (χ3v) is 2.25. The van der Waals surface area contributed by atoms with Crippen LogP contribution < -0.4 is 5.56 Å². The van der Waals surface area contributed by atoms with E-state index >= 15 is 0 Å². The van der Waals surface area contributed by atoms with E-state index in [0.29, 0.717) is 5.92 Å². The molecule has 4 nitrogen and oxygen atoms in total. The summed E-state index contributed by atoms with van der Waals surface area (Å²) in [6.45, 7) is 6.08. The van der Waals surface area contributed by atoms with Crippen molar-refractivity contribution in [3.05, 3.63) is 34.1 Å². The van der Waals surface area contributed by atoms with Crippen molar-refractivity contribution in [1.82, 2.24) is 14.4 Å². The highest BCUT2D eigenvalue weighted by molar-refractivity contribution is 5.38. The fourth-order valence-corrected chi connectivity index (χ4v) is 1.65. The topological polar surface area (TPSA) is 50.2 Å². The van der Waals surface area contributed by atoms with Crippen LogP contribution in [0.3, 0.4) is 0 Å². The van der Waals surface area contributed by atoms with Crippen LogP contribution in [0.5, 0.6) is 0 Å². The summed E-state index contributed by atoms with van der Waals surface area (Å²) in [5.74, 6) is 1.33. The zero-order valence-electron chi connectivity index (χ0n) is 8.53. The number of H-pyrrole nitrogens is 1. The monoisotopic (exact) mass is 191 g/mol. The first kappa shape index (κ1) is 8.99. The van der Waals surface area contributed by atoms with Crippen molar-refractivity contribution in [3.8, 4) is 0 Å². The highest BCUT2D eigenvalue weighted by Crippen LogP contribution is 2.14. The van der Waals surface area contributed by atoms with Gasteiger partial charge in [0, 0.05) is 17.7 Å². The summed E-state index contributed by atoms with van der Waals surface area (Å²) < 4.78 is 1.98. The second kappa shape index (κ2) is 2.97. The molecule has 14 heavy (non-hydrogen) atoms. The molecule has 0 amide bonds. The van der Waals surface area contributed by atoms with Crippen LogP contribution in [-0.2, 0) is 0 Å². The minimum Gasteiger partial charge on any atom is -0.307 e. The Morgan fingerprint density at radius 1 is 1.50 bits per heavy atom. The van der Waals surface area contributed by atoms with Gasteiger partial charge in [-0.05, 0) is 6.92 Å². The maximum Gasteiger partial charge on any atom is 0.251 e. The Hall–Kier alpha value is -1.58. The number of nitrogens with zero attached hydrogens (tertiary/aromatic N) is 2. The molecule has 4 heteroatoms. The summed E-state index contributed by atoms with van der Waals surface area (Å²) in [7, 11) is 0. The van der Waals surface area contributed by atoms with Crippen LogP contribution in [0.2, 0.25) is 0 Å². The van der Waals surface area contributed by atoms with Gasteiger partial charge in [0.25, 0.3) is 5.56 Å². The summed E-state index contributed by atoms with van der Waals surface area (Å²) in [5.41, 5.74) is 1.61. The summed E-state index contributed by atoms with van der Waals surface area (Å²) in [6.07, 6.45) is 1.70. The molecule has 0 radical (unpaired) electrons. The predicted molar refractivity (Wildman–Crippen MR) is 54.6 cm³/mol. The molecule has 1 N–H and O–H groups in total. The summed E-state index contributed by atoms with van der Waals surface area (Å²) in [5, 5.41) is 0. The number of fused-ring (bicyclic) bond motifs is 1. The second-order valence-electron chi connectivity index (χ2n) is 3.77. The van der Waals surface area contributed by atoms with E-state index in [1.165, 1.54) is 0 Å². The van der Waals surface area contributed by atoms with E-state index in [-0.39, 0.29) is 5.56 Å². The largest absolute Gasteiger partial charge is 0.307 e. The van der Waals surface area contributed by atoms with Crippen molar-refractivity contribution >= 4 is 5.65 Å². The minimum absolute atomic E-state index is 0.0785. The molecule has 2 aromatic rings. The zero-order valence-corrected chi connectivity index (χ0v) is 8.53. The fraction of sp³-hybridized carbons (Fsp3) is 0.400. The molecule has 2 heterocycles. The Morgan fingerprint density at radius 3 is 2.86 bits per heavy atom. The van der Waals surface area contributed by atoms with E-state index < -0.39 is 0 Å². The number of aromatic nitrogens is 3. The minimum atomic E-state index is -0.0785. The van der Waals surface area contributed by atoms with Gasteiger partial charge in [-0.25, -0.2) is 4.98 Å². The number of imidazole rings is 1. The van der Waals surface area contributed by atoms with Crippen LogP contribution in [0.15, 0.2) is 17.1 Å². The van der Waals surface area contributed by atoms with Crippen molar-refractivity contribution in [1.29, 1.82) is 0 Å². The van der Waals surface area contributed by atoms with Crippen LogP contribution in [0.1, 0.15) is 31.3 Å². The molecule has 2 rings (SSSR count). The van der Waals surface area contributed by atoms with Crippen LogP contribution >= 0.6 is 0 Å².